The van der Waals surface area contributed by atoms with Crippen molar-refractivity contribution < 1.29 is 8.42 Å². The van der Waals surface area contributed by atoms with Crippen molar-refractivity contribution in [2.75, 3.05) is 20.1 Å². The zero-order valence-electron chi connectivity index (χ0n) is 11.6. The number of nitrogens with zero attached hydrogens (tertiary/aromatic N) is 2. The molecule has 0 saturated carbocycles. The highest BCUT2D eigenvalue weighted by atomic mass is 35.5. The van der Waals surface area contributed by atoms with Crippen molar-refractivity contribution in [3.8, 4) is 0 Å². The summed E-state index contributed by atoms with van der Waals surface area (Å²) in [5.41, 5.74) is 0.486. The SMILES string of the molecule is CN(C1CCNCC1)S(=O)(=O)c1c[nH]c2nccc(Cl)c12. The molecule has 2 aromatic heterocycles. The Morgan fingerprint density at radius 1 is 1.38 bits per heavy atom. The fourth-order valence-electron chi connectivity index (χ4n) is 2.71. The van der Waals surface area contributed by atoms with Crippen molar-refractivity contribution >= 4 is 32.7 Å². The molecule has 2 N–H and O–H groups in total. The number of halogens is 1. The minimum Gasteiger partial charge on any atom is -0.345 e. The largest absolute Gasteiger partial charge is 0.345 e. The van der Waals surface area contributed by atoms with Gasteiger partial charge in [-0.05, 0) is 32.0 Å². The van der Waals surface area contributed by atoms with Gasteiger partial charge in [0.15, 0.2) is 0 Å². The lowest BCUT2D eigenvalue weighted by Gasteiger charge is -2.30. The molecule has 3 heterocycles. The number of nitrogens with one attached hydrogen (secondary N) is 2. The molecule has 1 aliphatic rings. The van der Waals surface area contributed by atoms with E-state index in [0.717, 1.165) is 25.9 Å². The first kappa shape index (κ1) is 14.8. The normalized spacial score (nSPS) is 17.7. The topological polar surface area (TPSA) is 78.1 Å². The molecule has 0 spiro atoms. The summed E-state index contributed by atoms with van der Waals surface area (Å²) in [7, 11) is -1.96. The predicted molar refractivity (Wildman–Crippen MR) is 81.9 cm³/mol. The number of fused-ring (bicyclic) bond motifs is 1. The summed E-state index contributed by atoms with van der Waals surface area (Å²) >= 11 is 6.15. The van der Waals surface area contributed by atoms with Crippen molar-refractivity contribution in [2.24, 2.45) is 0 Å². The molecule has 0 unspecified atom stereocenters. The minimum atomic E-state index is -3.59. The highest BCUT2D eigenvalue weighted by Crippen LogP contribution is 2.31. The molecule has 0 radical (unpaired) electrons. The first-order valence-corrected chi connectivity index (χ1v) is 8.64. The van der Waals surface area contributed by atoms with Crippen molar-refractivity contribution in [1.29, 1.82) is 0 Å². The average molecular weight is 329 g/mol. The van der Waals surface area contributed by atoms with E-state index in [4.69, 9.17) is 11.6 Å². The molecule has 0 aliphatic carbocycles. The maximum Gasteiger partial charge on any atom is 0.245 e. The Morgan fingerprint density at radius 2 is 2.10 bits per heavy atom. The number of aromatic nitrogens is 2. The van der Waals surface area contributed by atoms with Gasteiger partial charge in [0.05, 0.1) is 10.4 Å². The zero-order chi connectivity index (χ0) is 15.0. The van der Waals surface area contributed by atoms with Crippen LogP contribution in [0.4, 0.5) is 0 Å². The molecule has 1 aliphatic heterocycles. The third-order valence-electron chi connectivity index (χ3n) is 3.97. The van der Waals surface area contributed by atoms with E-state index >= 15 is 0 Å². The molecule has 1 fully saturated rings. The van der Waals surface area contributed by atoms with E-state index in [9.17, 15) is 8.42 Å². The van der Waals surface area contributed by atoms with E-state index in [1.54, 1.807) is 19.3 Å². The fraction of sp³-hybridized carbons (Fsp3) is 0.462. The van der Waals surface area contributed by atoms with Crippen molar-refractivity contribution in [3.05, 3.63) is 23.5 Å². The number of piperidine rings is 1. The predicted octanol–water partition coefficient (Wildman–Crippen LogP) is 1.59. The molecule has 0 amide bonds. The van der Waals surface area contributed by atoms with Crippen molar-refractivity contribution in [3.63, 3.8) is 0 Å². The van der Waals surface area contributed by atoms with E-state index in [-0.39, 0.29) is 10.9 Å². The third-order valence-corrected chi connectivity index (χ3v) is 6.22. The Morgan fingerprint density at radius 3 is 2.81 bits per heavy atom. The van der Waals surface area contributed by atoms with E-state index in [1.807, 2.05) is 0 Å². The van der Waals surface area contributed by atoms with Crippen LogP contribution in [-0.4, -0.2) is 48.9 Å². The van der Waals surface area contributed by atoms with Crippen LogP contribution in [0.5, 0.6) is 0 Å². The van der Waals surface area contributed by atoms with Crippen LogP contribution in [0.1, 0.15) is 12.8 Å². The monoisotopic (exact) mass is 328 g/mol. The molecule has 3 rings (SSSR count). The molecule has 8 heteroatoms. The Bertz CT molecular complexity index is 753. The van der Waals surface area contributed by atoms with Crippen molar-refractivity contribution in [2.45, 2.75) is 23.8 Å². The van der Waals surface area contributed by atoms with Gasteiger partial charge in [0, 0.05) is 25.5 Å². The first-order chi connectivity index (χ1) is 10.0. The standard InChI is InChI=1S/C13H17ClN4O2S/c1-18(9-2-5-15-6-3-9)21(19,20)11-8-17-13-12(11)10(14)4-7-16-13/h4,7-9,15H,2-3,5-6H2,1H3,(H,16,17). The van der Waals surface area contributed by atoms with Gasteiger partial charge in [-0.25, -0.2) is 13.4 Å². The maximum atomic E-state index is 12.9. The number of H-pyrrole nitrogens is 1. The van der Waals surface area contributed by atoms with Gasteiger partial charge in [-0.2, -0.15) is 4.31 Å². The number of pyridine rings is 1. The molecule has 0 bridgehead atoms. The van der Waals surface area contributed by atoms with Gasteiger partial charge in [-0.3, -0.25) is 0 Å². The van der Waals surface area contributed by atoms with E-state index in [2.05, 4.69) is 15.3 Å². The summed E-state index contributed by atoms with van der Waals surface area (Å²) in [6.07, 6.45) is 4.64. The van der Waals surface area contributed by atoms with Crippen LogP contribution in [0.2, 0.25) is 5.02 Å². The van der Waals surface area contributed by atoms with Crippen molar-refractivity contribution in [1.82, 2.24) is 19.6 Å². The number of rotatable bonds is 3. The summed E-state index contributed by atoms with van der Waals surface area (Å²) in [6, 6.07) is 1.61. The summed E-state index contributed by atoms with van der Waals surface area (Å²) < 4.78 is 27.2. The molecule has 6 nitrogen and oxygen atoms in total. The quantitative estimate of drug-likeness (QED) is 0.897. The van der Waals surface area contributed by atoms with Crippen LogP contribution in [-0.2, 0) is 10.0 Å². The van der Waals surface area contributed by atoms with Gasteiger partial charge in [0.2, 0.25) is 10.0 Å². The van der Waals surface area contributed by atoms with Gasteiger partial charge in [0.1, 0.15) is 10.5 Å². The van der Waals surface area contributed by atoms with Crippen LogP contribution < -0.4 is 5.32 Å². The van der Waals surface area contributed by atoms with Gasteiger partial charge in [-0.1, -0.05) is 11.6 Å². The summed E-state index contributed by atoms with van der Waals surface area (Å²) in [5.74, 6) is 0. The number of aromatic amines is 1. The number of hydrogen-bond donors (Lipinski definition) is 2. The second kappa shape index (κ2) is 5.57. The molecular formula is C13H17ClN4O2S. The second-order valence-electron chi connectivity index (χ2n) is 5.17. The lowest BCUT2D eigenvalue weighted by atomic mass is 10.1. The highest BCUT2D eigenvalue weighted by Gasteiger charge is 2.31. The first-order valence-electron chi connectivity index (χ1n) is 6.82. The summed E-state index contributed by atoms with van der Waals surface area (Å²) in [4.78, 5) is 7.19. The molecule has 21 heavy (non-hydrogen) atoms. The smallest absolute Gasteiger partial charge is 0.245 e. The van der Waals surface area contributed by atoms with E-state index in [1.165, 1.54) is 10.5 Å². The fourth-order valence-corrected chi connectivity index (χ4v) is 4.60. The Balaban J connectivity index is 2.04. The summed E-state index contributed by atoms with van der Waals surface area (Å²) in [6.45, 7) is 1.67. The van der Waals surface area contributed by atoms with Gasteiger partial charge < -0.3 is 10.3 Å². The number of sulfonamides is 1. The maximum absolute atomic E-state index is 12.9. The van der Waals surface area contributed by atoms with Gasteiger partial charge in [-0.15, -0.1) is 0 Å². The average Bonchev–Trinajstić information content (AvgIpc) is 2.93. The van der Waals surface area contributed by atoms with Crippen LogP contribution in [0, 0.1) is 0 Å². The minimum absolute atomic E-state index is 0.0108. The third kappa shape index (κ3) is 2.55. The number of hydrogen-bond acceptors (Lipinski definition) is 4. The highest BCUT2D eigenvalue weighted by molar-refractivity contribution is 7.89. The van der Waals surface area contributed by atoms with Crippen LogP contribution in [0.3, 0.4) is 0 Å². The molecule has 0 aromatic carbocycles. The lowest BCUT2D eigenvalue weighted by molar-refractivity contribution is 0.296. The van der Waals surface area contributed by atoms with Gasteiger partial charge in [0.25, 0.3) is 0 Å². The zero-order valence-corrected chi connectivity index (χ0v) is 13.2. The molecule has 2 aromatic rings. The molecule has 0 atom stereocenters. The van der Waals surface area contributed by atoms with E-state index < -0.39 is 10.0 Å². The van der Waals surface area contributed by atoms with Gasteiger partial charge >= 0.3 is 0 Å². The van der Waals surface area contributed by atoms with Crippen LogP contribution in [0.15, 0.2) is 23.4 Å². The lowest BCUT2D eigenvalue weighted by Crippen LogP contribution is -2.43. The Labute approximate surface area is 128 Å². The molecule has 114 valence electrons. The Kier molecular flexibility index (Phi) is 3.92. The second-order valence-corrected chi connectivity index (χ2v) is 7.54. The van der Waals surface area contributed by atoms with Crippen LogP contribution >= 0.6 is 11.6 Å². The van der Waals surface area contributed by atoms with E-state index in [0.29, 0.717) is 16.1 Å². The molecule has 1 saturated heterocycles. The Hall–Kier alpha value is -1.15. The molecular weight excluding hydrogens is 312 g/mol. The summed E-state index contributed by atoms with van der Waals surface area (Å²) in [5, 5.41) is 4.08. The van der Waals surface area contributed by atoms with Crippen LogP contribution in [0.25, 0.3) is 11.0 Å².